The Labute approximate surface area is 98.2 Å². The summed E-state index contributed by atoms with van der Waals surface area (Å²) < 4.78 is 0. The van der Waals surface area contributed by atoms with Gasteiger partial charge in [-0.1, -0.05) is 19.3 Å². The third-order valence-corrected chi connectivity index (χ3v) is 3.40. The van der Waals surface area contributed by atoms with E-state index < -0.39 is 0 Å². The monoisotopic (exact) mass is 228 g/mol. The van der Waals surface area contributed by atoms with Gasteiger partial charge in [-0.3, -0.25) is 0 Å². The third kappa shape index (κ3) is 3.37. The zero-order valence-electron chi connectivity index (χ0n) is 10.5. The molecule has 16 heavy (non-hydrogen) atoms. The van der Waals surface area contributed by atoms with E-state index in [1.807, 2.05) is 18.9 Å². The lowest BCUT2D eigenvalue weighted by Crippen LogP contribution is -2.48. The van der Waals surface area contributed by atoms with Crippen LogP contribution < -0.4 is 0 Å². The zero-order valence-corrected chi connectivity index (χ0v) is 10.5. The summed E-state index contributed by atoms with van der Waals surface area (Å²) in [4.78, 5) is 15.7. The van der Waals surface area contributed by atoms with Crippen LogP contribution in [0.2, 0.25) is 0 Å². The van der Waals surface area contributed by atoms with Crippen LogP contribution in [0.1, 0.15) is 39.0 Å². The highest BCUT2D eigenvalue weighted by Gasteiger charge is 2.26. The van der Waals surface area contributed by atoms with E-state index in [9.17, 15) is 4.79 Å². The highest BCUT2D eigenvalue weighted by atomic mass is 16.3. The van der Waals surface area contributed by atoms with Crippen LogP contribution in [0.3, 0.4) is 0 Å². The predicted molar refractivity (Wildman–Crippen MR) is 64.4 cm³/mol. The standard InChI is InChI=1S/C12H24N2O2/c1-3-13(2)12(16)14(9-10-15)11-7-5-4-6-8-11/h11,15H,3-10H2,1-2H3. The van der Waals surface area contributed by atoms with E-state index in [4.69, 9.17) is 5.11 Å². The lowest BCUT2D eigenvalue weighted by atomic mass is 9.94. The Hall–Kier alpha value is -0.770. The van der Waals surface area contributed by atoms with Gasteiger partial charge in [0.15, 0.2) is 0 Å². The number of urea groups is 1. The van der Waals surface area contributed by atoms with Crippen molar-refractivity contribution in [2.45, 2.75) is 45.1 Å². The van der Waals surface area contributed by atoms with Crippen LogP contribution in [0, 0.1) is 0 Å². The number of rotatable bonds is 4. The molecular formula is C12H24N2O2. The van der Waals surface area contributed by atoms with Crippen molar-refractivity contribution in [2.75, 3.05) is 26.7 Å². The Balaban J connectivity index is 2.60. The summed E-state index contributed by atoms with van der Waals surface area (Å²) in [6.07, 6.45) is 5.86. The van der Waals surface area contributed by atoms with E-state index in [2.05, 4.69) is 0 Å². The van der Waals surface area contributed by atoms with Crippen molar-refractivity contribution in [2.24, 2.45) is 0 Å². The molecule has 0 unspecified atom stereocenters. The summed E-state index contributed by atoms with van der Waals surface area (Å²) in [5.41, 5.74) is 0. The Morgan fingerprint density at radius 2 is 1.94 bits per heavy atom. The van der Waals surface area contributed by atoms with Gasteiger partial charge in [0.25, 0.3) is 0 Å². The molecule has 0 atom stereocenters. The Bertz CT molecular complexity index is 215. The Kier molecular flexibility index (Phi) is 5.60. The van der Waals surface area contributed by atoms with Crippen molar-refractivity contribution in [3.05, 3.63) is 0 Å². The normalized spacial score (nSPS) is 17.2. The van der Waals surface area contributed by atoms with Crippen molar-refractivity contribution in [1.29, 1.82) is 0 Å². The van der Waals surface area contributed by atoms with Crippen LogP contribution in [0.4, 0.5) is 4.79 Å². The number of nitrogens with zero attached hydrogens (tertiary/aromatic N) is 2. The van der Waals surface area contributed by atoms with Crippen LogP contribution in [0.5, 0.6) is 0 Å². The first-order chi connectivity index (χ1) is 7.70. The predicted octanol–water partition coefficient (Wildman–Crippen LogP) is 1.69. The van der Waals surface area contributed by atoms with Crippen LogP contribution in [-0.2, 0) is 0 Å². The maximum atomic E-state index is 12.1. The zero-order chi connectivity index (χ0) is 12.0. The van der Waals surface area contributed by atoms with Gasteiger partial charge in [-0.25, -0.2) is 4.79 Å². The molecule has 0 aromatic rings. The molecule has 1 rings (SSSR count). The molecule has 0 aromatic heterocycles. The van der Waals surface area contributed by atoms with Crippen LogP contribution in [0.25, 0.3) is 0 Å². The van der Waals surface area contributed by atoms with Crippen molar-refractivity contribution >= 4 is 6.03 Å². The van der Waals surface area contributed by atoms with Crippen molar-refractivity contribution in [3.8, 4) is 0 Å². The van der Waals surface area contributed by atoms with Gasteiger partial charge in [0.05, 0.1) is 6.61 Å². The molecule has 1 aliphatic carbocycles. The van der Waals surface area contributed by atoms with Gasteiger partial charge in [0.1, 0.15) is 0 Å². The number of carbonyl (C=O) groups is 1. The number of hydrogen-bond acceptors (Lipinski definition) is 2. The Morgan fingerprint density at radius 1 is 1.31 bits per heavy atom. The quantitative estimate of drug-likeness (QED) is 0.795. The fourth-order valence-electron chi connectivity index (χ4n) is 2.29. The summed E-state index contributed by atoms with van der Waals surface area (Å²) in [6.45, 7) is 3.21. The Morgan fingerprint density at radius 3 is 2.44 bits per heavy atom. The highest BCUT2D eigenvalue weighted by molar-refractivity contribution is 5.74. The lowest BCUT2D eigenvalue weighted by molar-refractivity contribution is 0.112. The second kappa shape index (κ2) is 6.74. The highest BCUT2D eigenvalue weighted by Crippen LogP contribution is 2.23. The minimum atomic E-state index is 0.0554. The first-order valence-corrected chi connectivity index (χ1v) is 6.33. The van der Waals surface area contributed by atoms with Crippen molar-refractivity contribution in [3.63, 3.8) is 0 Å². The lowest BCUT2D eigenvalue weighted by Gasteiger charge is -2.36. The largest absolute Gasteiger partial charge is 0.395 e. The fraction of sp³-hybridized carbons (Fsp3) is 0.917. The first kappa shape index (κ1) is 13.3. The molecule has 0 radical (unpaired) electrons. The van der Waals surface area contributed by atoms with E-state index in [0.29, 0.717) is 19.1 Å². The number of amides is 2. The van der Waals surface area contributed by atoms with Crippen LogP contribution in [-0.4, -0.2) is 53.7 Å². The van der Waals surface area contributed by atoms with Gasteiger partial charge in [-0.05, 0) is 19.8 Å². The summed E-state index contributed by atoms with van der Waals surface area (Å²) in [6, 6.07) is 0.394. The molecule has 1 fully saturated rings. The summed E-state index contributed by atoms with van der Waals surface area (Å²) >= 11 is 0. The molecule has 0 heterocycles. The molecule has 1 aliphatic rings. The molecule has 0 aromatic carbocycles. The molecule has 0 saturated heterocycles. The molecule has 0 spiro atoms. The molecular weight excluding hydrogens is 204 g/mol. The molecule has 2 amide bonds. The van der Waals surface area contributed by atoms with E-state index in [1.165, 1.54) is 19.3 Å². The maximum Gasteiger partial charge on any atom is 0.320 e. The third-order valence-electron chi connectivity index (χ3n) is 3.40. The van der Waals surface area contributed by atoms with Gasteiger partial charge < -0.3 is 14.9 Å². The van der Waals surface area contributed by atoms with E-state index in [-0.39, 0.29) is 12.6 Å². The summed E-state index contributed by atoms with van der Waals surface area (Å²) in [7, 11) is 1.82. The van der Waals surface area contributed by atoms with E-state index in [1.54, 1.807) is 4.90 Å². The number of carbonyl (C=O) groups excluding carboxylic acids is 1. The van der Waals surface area contributed by atoms with Gasteiger partial charge in [0.2, 0.25) is 0 Å². The summed E-state index contributed by atoms with van der Waals surface area (Å²) in [5, 5.41) is 9.06. The average Bonchev–Trinajstić information content (AvgIpc) is 2.35. The molecule has 94 valence electrons. The van der Waals surface area contributed by atoms with Gasteiger partial charge >= 0.3 is 6.03 Å². The minimum absolute atomic E-state index is 0.0554. The SMILES string of the molecule is CCN(C)C(=O)N(CCO)C1CCCCC1. The van der Waals surface area contributed by atoms with E-state index in [0.717, 1.165) is 12.8 Å². The second-order valence-corrected chi connectivity index (χ2v) is 4.51. The van der Waals surface area contributed by atoms with Crippen LogP contribution in [0.15, 0.2) is 0 Å². The fourth-order valence-corrected chi connectivity index (χ4v) is 2.29. The van der Waals surface area contributed by atoms with Gasteiger partial charge in [-0.2, -0.15) is 0 Å². The van der Waals surface area contributed by atoms with Crippen molar-refractivity contribution < 1.29 is 9.90 Å². The molecule has 0 aliphatic heterocycles. The van der Waals surface area contributed by atoms with Gasteiger partial charge in [0, 0.05) is 26.2 Å². The van der Waals surface area contributed by atoms with Crippen molar-refractivity contribution in [1.82, 2.24) is 9.80 Å². The first-order valence-electron chi connectivity index (χ1n) is 6.33. The maximum absolute atomic E-state index is 12.1. The molecule has 1 N–H and O–H groups in total. The van der Waals surface area contributed by atoms with E-state index >= 15 is 0 Å². The van der Waals surface area contributed by atoms with Gasteiger partial charge in [-0.15, -0.1) is 0 Å². The smallest absolute Gasteiger partial charge is 0.320 e. The summed E-state index contributed by atoms with van der Waals surface area (Å²) in [5.74, 6) is 0. The minimum Gasteiger partial charge on any atom is -0.395 e. The average molecular weight is 228 g/mol. The topological polar surface area (TPSA) is 43.8 Å². The second-order valence-electron chi connectivity index (χ2n) is 4.51. The molecule has 1 saturated carbocycles. The molecule has 0 bridgehead atoms. The number of aliphatic hydroxyl groups excluding tert-OH is 1. The number of aliphatic hydroxyl groups is 1. The number of hydrogen-bond donors (Lipinski definition) is 1. The molecule has 4 heteroatoms. The van der Waals surface area contributed by atoms with Crippen LogP contribution >= 0.6 is 0 Å². The molecule has 4 nitrogen and oxygen atoms in total.